The number of rotatable bonds is 4. The average molecular weight is 456 g/mol. The van der Waals surface area contributed by atoms with Crippen molar-refractivity contribution in [3.63, 3.8) is 0 Å². The molecule has 0 saturated carbocycles. The van der Waals surface area contributed by atoms with Crippen LogP contribution in [0.25, 0.3) is 21.8 Å². The summed E-state index contributed by atoms with van der Waals surface area (Å²) in [4.78, 5) is 24.8. The number of thiazole rings is 1. The van der Waals surface area contributed by atoms with Crippen molar-refractivity contribution < 1.29 is 18.0 Å². The summed E-state index contributed by atoms with van der Waals surface area (Å²) in [6.45, 7) is 0. The Balaban J connectivity index is 1.51. The molecule has 2 aromatic heterocycles. The Kier molecular flexibility index (Phi) is 5.73. The Morgan fingerprint density at radius 2 is 1.88 bits per heavy atom. The Morgan fingerprint density at radius 3 is 2.66 bits per heavy atom. The minimum atomic E-state index is -4.58. The fraction of sp³-hybridized carbons (Fsp3) is 0.0476. The van der Waals surface area contributed by atoms with Gasteiger partial charge in [0.1, 0.15) is 17.2 Å². The van der Waals surface area contributed by atoms with Crippen molar-refractivity contribution in [1.82, 2.24) is 15.0 Å². The molecule has 0 unspecified atom stereocenters. The molecule has 162 valence electrons. The first-order valence-electron chi connectivity index (χ1n) is 9.17. The number of halogens is 3. The maximum absolute atomic E-state index is 13.1. The van der Waals surface area contributed by atoms with Gasteiger partial charge in [-0.25, -0.2) is 19.7 Å². The molecule has 2 aromatic carbocycles. The zero-order valence-electron chi connectivity index (χ0n) is 16.2. The monoisotopic (exact) mass is 456 g/mol. The molecule has 0 fully saturated rings. The van der Waals surface area contributed by atoms with Crippen LogP contribution in [0.4, 0.5) is 35.2 Å². The van der Waals surface area contributed by atoms with Crippen molar-refractivity contribution in [3.05, 3.63) is 72.0 Å². The van der Waals surface area contributed by atoms with Gasteiger partial charge >= 0.3 is 12.2 Å². The number of hydrogen-bond acceptors (Lipinski definition) is 6. The predicted molar refractivity (Wildman–Crippen MR) is 117 cm³/mol. The van der Waals surface area contributed by atoms with E-state index in [4.69, 9.17) is 5.73 Å². The van der Waals surface area contributed by atoms with Crippen LogP contribution in [0, 0.1) is 0 Å². The molecule has 11 heteroatoms. The number of nitrogens with zero attached hydrogens (tertiary/aromatic N) is 3. The number of hydrogen-bond donors (Lipinski definition) is 3. The second-order valence-electron chi connectivity index (χ2n) is 6.56. The van der Waals surface area contributed by atoms with Gasteiger partial charge in [0, 0.05) is 22.8 Å². The highest BCUT2D eigenvalue weighted by Gasteiger charge is 2.33. The fourth-order valence-corrected chi connectivity index (χ4v) is 3.76. The van der Waals surface area contributed by atoms with Gasteiger partial charge in [-0.2, -0.15) is 13.2 Å². The van der Waals surface area contributed by atoms with Gasteiger partial charge in [0.05, 0.1) is 22.5 Å². The topological polar surface area (TPSA) is 106 Å². The van der Waals surface area contributed by atoms with Crippen LogP contribution in [0.5, 0.6) is 0 Å². The van der Waals surface area contributed by atoms with E-state index in [0.29, 0.717) is 33.3 Å². The van der Waals surface area contributed by atoms with Crippen LogP contribution in [0.3, 0.4) is 0 Å². The number of aromatic nitrogens is 3. The molecule has 0 bridgehead atoms. The van der Waals surface area contributed by atoms with Gasteiger partial charge in [-0.3, -0.25) is 0 Å². The van der Waals surface area contributed by atoms with E-state index in [0.717, 1.165) is 6.07 Å². The number of nitrogen functional groups attached to an aromatic ring is 1. The van der Waals surface area contributed by atoms with Crippen LogP contribution < -0.4 is 16.4 Å². The number of carbonyl (C=O) groups is 1. The second kappa shape index (κ2) is 8.63. The lowest BCUT2D eigenvalue weighted by atomic mass is 10.1. The molecule has 0 atom stereocenters. The molecule has 0 saturated heterocycles. The van der Waals surface area contributed by atoms with Crippen molar-refractivity contribution in [1.29, 1.82) is 0 Å². The molecule has 32 heavy (non-hydrogen) atoms. The van der Waals surface area contributed by atoms with Gasteiger partial charge in [-0.05, 0) is 24.3 Å². The normalized spacial score (nSPS) is 11.2. The number of benzene rings is 2. The molecule has 2 heterocycles. The van der Waals surface area contributed by atoms with Crippen molar-refractivity contribution in [2.24, 2.45) is 0 Å². The van der Waals surface area contributed by atoms with Gasteiger partial charge in [0.15, 0.2) is 0 Å². The van der Waals surface area contributed by atoms with Crippen LogP contribution in [0.1, 0.15) is 5.56 Å². The van der Waals surface area contributed by atoms with E-state index in [9.17, 15) is 18.0 Å². The fourth-order valence-electron chi connectivity index (χ4n) is 2.91. The number of nitrogens with two attached hydrogens (primary N) is 1. The summed E-state index contributed by atoms with van der Waals surface area (Å²) in [7, 11) is 0. The van der Waals surface area contributed by atoms with Crippen LogP contribution in [0.15, 0.2) is 66.4 Å². The zero-order valence-corrected chi connectivity index (χ0v) is 17.0. The molecule has 4 aromatic rings. The minimum Gasteiger partial charge on any atom is -0.383 e. The van der Waals surface area contributed by atoms with Gasteiger partial charge < -0.3 is 16.4 Å². The van der Waals surface area contributed by atoms with E-state index < -0.39 is 17.8 Å². The largest absolute Gasteiger partial charge is 0.418 e. The van der Waals surface area contributed by atoms with Gasteiger partial charge in [0.25, 0.3) is 0 Å². The number of urea groups is 1. The molecular weight excluding hydrogens is 441 g/mol. The van der Waals surface area contributed by atoms with E-state index in [1.54, 1.807) is 30.5 Å². The third-order valence-electron chi connectivity index (χ3n) is 4.37. The molecule has 0 spiro atoms. The Bertz CT molecular complexity index is 1270. The third kappa shape index (κ3) is 4.67. The summed E-state index contributed by atoms with van der Waals surface area (Å²) in [5.41, 5.74) is 6.96. The number of nitrogens with one attached hydrogen (secondary N) is 2. The van der Waals surface area contributed by atoms with E-state index in [1.165, 1.54) is 35.9 Å². The van der Waals surface area contributed by atoms with E-state index in [-0.39, 0.29) is 5.69 Å². The Morgan fingerprint density at radius 1 is 1.06 bits per heavy atom. The Labute approximate surface area is 184 Å². The Hall–Kier alpha value is -3.99. The number of carbonyl (C=O) groups excluding carboxylic acids is 1. The lowest BCUT2D eigenvalue weighted by Gasteiger charge is -2.14. The third-order valence-corrected chi connectivity index (χ3v) is 5.25. The molecule has 2 amide bonds. The molecule has 0 aliphatic rings. The zero-order chi connectivity index (χ0) is 22.7. The summed E-state index contributed by atoms with van der Waals surface area (Å²) in [5.74, 6) is 0.312. The van der Waals surface area contributed by atoms with Crippen LogP contribution in [-0.4, -0.2) is 21.0 Å². The van der Waals surface area contributed by atoms with E-state index >= 15 is 0 Å². The summed E-state index contributed by atoms with van der Waals surface area (Å²) < 4.78 is 39.4. The van der Waals surface area contributed by atoms with Crippen molar-refractivity contribution >= 4 is 34.6 Å². The van der Waals surface area contributed by atoms with Gasteiger partial charge in [-0.1, -0.05) is 24.3 Å². The van der Waals surface area contributed by atoms with Crippen molar-refractivity contribution in [2.75, 3.05) is 16.4 Å². The van der Waals surface area contributed by atoms with Crippen molar-refractivity contribution in [3.8, 4) is 21.8 Å². The second-order valence-corrected chi connectivity index (χ2v) is 7.42. The van der Waals surface area contributed by atoms with Gasteiger partial charge in [-0.15, -0.1) is 11.3 Å². The van der Waals surface area contributed by atoms with Crippen LogP contribution in [0.2, 0.25) is 0 Å². The number of para-hydroxylation sites is 1. The quantitative estimate of drug-likeness (QED) is 0.375. The lowest BCUT2D eigenvalue weighted by molar-refractivity contribution is -0.136. The summed E-state index contributed by atoms with van der Waals surface area (Å²) >= 11 is 1.36. The molecule has 0 aliphatic carbocycles. The highest BCUT2D eigenvalue weighted by Crippen LogP contribution is 2.35. The molecule has 7 nitrogen and oxygen atoms in total. The van der Waals surface area contributed by atoms with E-state index in [2.05, 4.69) is 25.6 Å². The van der Waals surface area contributed by atoms with E-state index in [1.807, 2.05) is 5.38 Å². The smallest absolute Gasteiger partial charge is 0.383 e. The van der Waals surface area contributed by atoms with Gasteiger partial charge in [0.2, 0.25) is 0 Å². The predicted octanol–water partition coefficient (Wildman–Crippen LogP) is 5.51. The van der Waals surface area contributed by atoms with Crippen LogP contribution >= 0.6 is 11.3 Å². The maximum Gasteiger partial charge on any atom is 0.418 e. The first-order chi connectivity index (χ1) is 15.3. The molecular formula is C21H15F3N6OS. The van der Waals surface area contributed by atoms with Crippen LogP contribution in [-0.2, 0) is 6.18 Å². The minimum absolute atomic E-state index is 0.312. The highest BCUT2D eigenvalue weighted by molar-refractivity contribution is 7.13. The number of amides is 2. The summed E-state index contributed by atoms with van der Waals surface area (Å²) in [6, 6.07) is 10.7. The standard InChI is InChI=1S/C21H15F3N6OS/c22-21(23,24)15-6-1-2-7-16(15)30-20(31)28-13-5-3-4-12(8-13)17-10-32-19(29-17)14-9-26-11-27-18(14)25/h1-11H,(H2,25,26,27)(H2,28,30,31). The molecule has 0 aliphatic heterocycles. The maximum atomic E-state index is 13.1. The lowest BCUT2D eigenvalue weighted by Crippen LogP contribution is -2.21. The molecule has 0 radical (unpaired) electrons. The molecule has 4 N–H and O–H groups in total. The average Bonchev–Trinajstić information content (AvgIpc) is 3.24. The molecule has 4 rings (SSSR count). The first-order valence-corrected chi connectivity index (χ1v) is 10.1. The SMILES string of the molecule is Nc1ncncc1-c1nc(-c2cccc(NC(=O)Nc3ccccc3C(F)(F)F)c2)cs1. The van der Waals surface area contributed by atoms with Crippen molar-refractivity contribution in [2.45, 2.75) is 6.18 Å². The summed E-state index contributed by atoms with van der Waals surface area (Å²) in [6.07, 6.45) is -1.66. The highest BCUT2D eigenvalue weighted by atomic mass is 32.1. The number of anilines is 3. The summed E-state index contributed by atoms with van der Waals surface area (Å²) in [5, 5.41) is 7.25. The number of alkyl halides is 3. The first kappa shape index (κ1) is 21.2.